The first kappa shape index (κ1) is 13.4. The largest absolute Gasteiger partial charge is 0.493 e. The van der Waals surface area contributed by atoms with Gasteiger partial charge in [-0.15, -0.1) is 0 Å². The van der Waals surface area contributed by atoms with E-state index in [1.54, 1.807) is 18.3 Å². The zero-order valence-corrected chi connectivity index (χ0v) is 10.1. The van der Waals surface area contributed by atoms with Crippen molar-refractivity contribution in [1.82, 2.24) is 4.98 Å². The molecule has 1 heterocycles. The highest BCUT2D eigenvalue weighted by atomic mass is 16.5. The number of rotatable bonds is 6. The first-order chi connectivity index (χ1) is 8.13. The SMILES string of the molecule is CC(C)C(=O)Nc1cc(OCCCO)ccn1. The Morgan fingerprint density at radius 3 is 3.00 bits per heavy atom. The van der Waals surface area contributed by atoms with Crippen molar-refractivity contribution in [3.63, 3.8) is 0 Å². The fourth-order valence-corrected chi connectivity index (χ4v) is 1.09. The van der Waals surface area contributed by atoms with Gasteiger partial charge in [-0.1, -0.05) is 13.8 Å². The lowest BCUT2D eigenvalue weighted by molar-refractivity contribution is -0.118. The molecule has 0 unspecified atom stereocenters. The van der Waals surface area contributed by atoms with Gasteiger partial charge in [0.1, 0.15) is 11.6 Å². The molecular weight excluding hydrogens is 220 g/mol. The highest BCUT2D eigenvalue weighted by Crippen LogP contribution is 2.15. The van der Waals surface area contributed by atoms with Crippen LogP contribution in [0.25, 0.3) is 0 Å². The number of amides is 1. The van der Waals surface area contributed by atoms with Crippen LogP contribution in [-0.4, -0.2) is 29.2 Å². The van der Waals surface area contributed by atoms with Gasteiger partial charge in [-0.3, -0.25) is 4.79 Å². The number of ether oxygens (including phenoxy) is 1. The number of aliphatic hydroxyl groups is 1. The minimum Gasteiger partial charge on any atom is -0.493 e. The molecule has 0 fully saturated rings. The third-order valence-corrected chi connectivity index (χ3v) is 2.08. The van der Waals surface area contributed by atoms with E-state index in [9.17, 15) is 4.79 Å². The zero-order valence-electron chi connectivity index (χ0n) is 10.1. The molecule has 17 heavy (non-hydrogen) atoms. The summed E-state index contributed by atoms with van der Waals surface area (Å²) in [6.45, 7) is 4.17. The van der Waals surface area contributed by atoms with Gasteiger partial charge in [0.15, 0.2) is 0 Å². The molecule has 0 aliphatic carbocycles. The quantitative estimate of drug-likeness (QED) is 0.735. The lowest BCUT2D eigenvalue weighted by atomic mass is 10.2. The Kier molecular flexibility index (Phi) is 5.42. The molecular formula is C12H18N2O3. The van der Waals surface area contributed by atoms with Crippen LogP contribution in [-0.2, 0) is 4.79 Å². The van der Waals surface area contributed by atoms with Crippen LogP contribution in [0.15, 0.2) is 18.3 Å². The molecule has 1 amide bonds. The standard InChI is InChI=1S/C12H18N2O3/c1-9(2)12(16)14-11-8-10(4-5-13-11)17-7-3-6-15/h4-5,8-9,15H,3,6-7H2,1-2H3,(H,13,14,16). The molecule has 5 nitrogen and oxygen atoms in total. The number of nitrogens with one attached hydrogen (secondary N) is 1. The van der Waals surface area contributed by atoms with Gasteiger partial charge in [0.05, 0.1) is 6.61 Å². The van der Waals surface area contributed by atoms with Crippen LogP contribution in [0, 0.1) is 5.92 Å². The monoisotopic (exact) mass is 238 g/mol. The number of aromatic nitrogens is 1. The van der Waals surface area contributed by atoms with Crippen LogP contribution in [0.2, 0.25) is 0 Å². The van der Waals surface area contributed by atoms with Gasteiger partial charge < -0.3 is 15.2 Å². The molecule has 0 spiro atoms. The maximum absolute atomic E-state index is 11.5. The van der Waals surface area contributed by atoms with Crippen LogP contribution < -0.4 is 10.1 Å². The lowest BCUT2D eigenvalue weighted by Crippen LogP contribution is -2.18. The third-order valence-electron chi connectivity index (χ3n) is 2.08. The normalized spacial score (nSPS) is 10.4. The number of nitrogens with zero attached hydrogens (tertiary/aromatic N) is 1. The Labute approximate surface area is 101 Å². The second kappa shape index (κ2) is 6.85. The van der Waals surface area contributed by atoms with Gasteiger partial charge in [0, 0.05) is 31.2 Å². The summed E-state index contributed by atoms with van der Waals surface area (Å²) in [5.74, 6) is 0.943. The van der Waals surface area contributed by atoms with Crippen molar-refractivity contribution >= 4 is 11.7 Å². The fourth-order valence-electron chi connectivity index (χ4n) is 1.09. The Hall–Kier alpha value is -1.62. The van der Waals surface area contributed by atoms with Gasteiger partial charge >= 0.3 is 0 Å². The second-order valence-corrected chi connectivity index (χ2v) is 3.95. The van der Waals surface area contributed by atoms with Crippen LogP contribution in [0.4, 0.5) is 5.82 Å². The summed E-state index contributed by atoms with van der Waals surface area (Å²) >= 11 is 0. The second-order valence-electron chi connectivity index (χ2n) is 3.95. The maximum atomic E-state index is 11.5. The summed E-state index contributed by atoms with van der Waals surface area (Å²) < 4.78 is 5.38. The van der Waals surface area contributed by atoms with E-state index in [0.29, 0.717) is 24.6 Å². The third kappa shape index (κ3) is 4.82. The number of anilines is 1. The molecule has 0 atom stereocenters. The summed E-state index contributed by atoms with van der Waals surface area (Å²) in [7, 11) is 0. The molecule has 0 saturated heterocycles. The minimum atomic E-state index is -0.0873. The molecule has 0 aromatic carbocycles. The van der Waals surface area contributed by atoms with E-state index < -0.39 is 0 Å². The molecule has 1 aromatic heterocycles. The Balaban J connectivity index is 2.56. The van der Waals surface area contributed by atoms with Crippen LogP contribution in [0.1, 0.15) is 20.3 Å². The summed E-state index contributed by atoms with van der Waals surface area (Å²) in [5.41, 5.74) is 0. The van der Waals surface area contributed by atoms with E-state index in [1.165, 1.54) is 0 Å². The number of carbonyl (C=O) groups is 1. The molecule has 1 rings (SSSR count). The predicted octanol–water partition coefficient (Wildman–Crippen LogP) is 1.44. The number of pyridine rings is 1. The molecule has 94 valence electrons. The van der Waals surface area contributed by atoms with Crippen molar-refractivity contribution < 1.29 is 14.6 Å². The van der Waals surface area contributed by atoms with Gasteiger partial charge in [-0.25, -0.2) is 4.98 Å². The van der Waals surface area contributed by atoms with E-state index in [1.807, 2.05) is 13.8 Å². The number of carbonyl (C=O) groups excluding carboxylic acids is 1. The molecule has 1 aromatic rings. The lowest BCUT2D eigenvalue weighted by Gasteiger charge is -2.09. The predicted molar refractivity (Wildman–Crippen MR) is 64.9 cm³/mol. The molecule has 0 aliphatic rings. The van der Waals surface area contributed by atoms with Crippen molar-refractivity contribution in [2.45, 2.75) is 20.3 Å². The van der Waals surface area contributed by atoms with Crippen LogP contribution >= 0.6 is 0 Å². The van der Waals surface area contributed by atoms with Crippen molar-refractivity contribution in [3.05, 3.63) is 18.3 Å². The van der Waals surface area contributed by atoms with E-state index in [-0.39, 0.29) is 18.4 Å². The highest BCUT2D eigenvalue weighted by molar-refractivity contribution is 5.91. The topological polar surface area (TPSA) is 71.5 Å². The summed E-state index contributed by atoms with van der Waals surface area (Å²) in [6, 6.07) is 3.38. The van der Waals surface area contributed by atoms with Crippen LogP contribution in [0.3, 0.4) is 0 Å². The summed E-state index contributed by atoms with van der Waals surface area (Å²) in [5, 5.41) is 11.3. The first-order valence-corrected chi connectivity index (χ1v) is 5.64. The average molecular weight is 238 g/mol. The number of aliphatic hydroxyl groups excluding tert-OH is 1. The van der Waals surface area contributed by atoms with Crippen molar-refractivity contribution in [2.75, 3.05) is 18.5 Å². The molecule has 2 N–H and O–H groups in total. The smallest absolute Gasteiger partial charge is 0.228 e. The van der Waals surface area contributed by atoms with Gasteiger partial charge in [0.25, 0.3) is 0 Å². The Morgan fingerprint density at radius 2 is 2.35 bits per heavy atom. The average Bonchev–Trinajstić information content (AvgIpc) is 2.30. The highest BCUT2D eigenvalue weighted by Gasteiger charge is 2.08. The van der Waals surface area contributed by atoms with E-state index in [2.05, 4.69) is 10.3 Å². The van der Waals surface area contributed by atoms with E-state index in [0.717, 1.165) is 0 Å². The molecule has 0 aliphatic heterocycles. The Morgan fingerprint density at radius 1 is 1.59 bits per heavy atom. The summed E-state index contributed by atoms with van der Waals surface area (Å²) in [4.78, 5) is 15.5. The minimum absolute atomic E-state index is 0.0787. The maximum Gasteiger partial charge on any atom is 0.228 e. The van der Waals surface area contributed by atoms with E-state index in [4.69, 9.17) is 9.84 Å². The van der Waals surface area contributed by atoms with Gasteiger partial charge in [-0.2, -0.15) is 0 Å². The summed E-state index contributed by atoms with van der Waals surface area (Å²) in [6.07, 6.45) is 2.15. The number of hydrogen-bond acceptors (Lipinski definition) is 4. The van der Waals surface area contributed by atoms with Gasteiger partial charge in [0.2, 0.25) is 5.91 Å². The van der Waals surface area contributed by atoms with Crippen molar-refractivity contribution in [3.8, 4) is 5.75 Å². The Bertz CT molecular complexity index is 367. The van der Waals surface area contributed by atoms with Gasteiger partial charge in [-0.05, 0) is 6.07 Å². The fraction of sp³-hybridized carbons (Fsp3) is 0.500. The van der Waals surface area contributed by atoms with Crippen molar-refractivity contribution in [2.24, 2.45) is 5.92 Å². The van der Waals surface area contributed by atoms with Crippen LogP contribution in [0.5, 0.6) is 5.75 Å². The molecule has 0 saturated carbocycles. The number of hydrogen-bond donors (Lipinski definition) is 2. The molecule has 0 bridgehead atoms. The van der Waals surface area contributed by atoms with Crippen molar-refractivity contribution in [1.29, 1.82) is 0 Å². The molecule has 0 radical (unpaired) electrons. The zero-order chi connectivity index (χ0) is 12.7. The first-order valence-electron chi connectivity index (χ1n) is 5.64. The van der Waals surface area contributed by atoms with E-state index >= 15 is 0 Å². The molecule has 5 heteroatoms.